The molecular formula is C20H21N3O2. The van der Waals surface area contributed by atoms with Crippen molar-refractivity contribution in [3.05, 3.63) is 71.6 Å². The second kappa shape index (κ2) is 7.75. The van der Waals surface area contributed by atoms with Gasteiger partial charge in [-0.1, -0.05) is 29.8 Å². The van der Waals surface area contributed by atoms with Gasteiger partial charge < -0.3 is 9.80 Å². The second-order valence-corrected chi connectivity index (χ2v) is 6.11. The van der Waals surface area contributed by atoms with Crippen molar-refractivity contribution in [2.45, 2.75) is 6.92 Å². The maximum atomic E-state index is 12.4. The molecule has 3 rings (SSSR count). The number of aryl methyl sites for hydroxylation is 1. The molecule has 0 spiro atoms. The van der Waals surface area contributed by atoms with Gasteiger partial charge in [0.15, 0.2) is 0 Å². The summed E-state index contributed by atoms with van der Waals surface area (Å²) >= 11 is 0. The van der Waals surface area contributed by atoms with Crippen LogP contribution in [0.1, 0.15) is 21.5 Å². The quantitative estimate of drug-likeness (QED) is 0.809. The molecule has 1 aliphatic rings. The molecule has 1 aliphatic heterocycles. The smallest absolute Gasteiger partial charge is 0.255 e. The molecule has 1 aromatic carbocycles. The van der Waals surface area contributed by atoms with E-state index in [1.807, 2.05) is 37.3 Å². The van der Waals surface area contributed by atoms with Gasteiger partial charge in [0.05, 0.1) is 5.56 Å². The summed E-state index contributed by atoms with van der Waals surface area (Å²) in [7, 11) is 0. The highest BCUT2D eigenvalue weighted by atomic mass is 16.2. The lowest BCUT2D eigenvalue weighted by Crippen LogP contribution is -2.50. The molecule has 0 atom stereocenters. The van der Waals surface area contributed by atoms with Crippen LogP contribution in [0.2, 0.25) is 0 Å². The van der Waals surface area contributed by atoms with Crippen LogP contribution in [0.4, 0.5) is 0 Å². The van der Waals surface area contributed by atoms with Crippen molar-refractivity contribution < 1.29 is 9.59 Å². The lowest BCUT2D eigenvalue weighted by atomic mass is 10.1. The van der Waals surface area contributed by atoms with Crippen LogP contribution in [0.15, 0.2) is 54.9 Å². The largest absolute Gasteiger partial charge is 0.336 e. The highest BCUT2D eigenvalue weighted by molar-refractivity contribution is 5.94. The number of hydrogen-bond donors (Lipinski definition) is 0. The molecule has 0 radical (unpaired) electrons. The van der Waals surface area contributed by atoms with Crippen LogP contribution in [-0.2, 0) is 4.79 Å². The minimum atomic E-state index is -0.0319. The Morgan fingerprint density at radius 1 is 1.04 bits per heavy atom. The van der Waals surface area contributed by atoms with Gasteiger partial charge in [0.2, 0.25) is 5.91 Å². The van der Waals surface area contributed by atoms with Crippen molar-refractivity contribution in [1.82, 2.24) is 14.8 Å². The van der Waals surface area contributed by atoms with Gasteiger partial charge in [-0.25, -0.2) is 0 Å². The van der Waals surface area contributed by atoms with Crippen LogP contribution >= 0.6 is 0 Å². The Labute approximate surface area is 147 Å². The number of piperazine rings is 1. The van der Waals surface area contributed by atoms with E-state index in [0.717, 1.165) is 11.1 Å². The van der Waals surface area contributed by atoms with E-state index in [-0.39, 0.29) is 11.8 Å². The third kappa shape index (κ3) is 4.32. The zero-order valence-corrected chi connectivity index (χ0v) is 14.3. The average Bonchev–Trinajstić information content (AvgIpc) is 2.66. The molecule has 0 unspecified atom stereocenters. The van der Waals surface area contributed by atoms with E-state index in [1.54, 1.807) is 40.4 Å². The molecule has 0 aliphatic carbocycles. The molecular weight excluding hydrogens is 314 g/mol. The second-order valence-electron chi connectivity index (χ2n) is 6.11. The highest BCUT2D eigenvalue weighted by Crippen LogP contribution is 2.10. The first-order chi connectivity index (χ1) is 12.1. The fourth-order valence-electron chi connectivity index (χ4n) is 2.85. The monoisotopic (exact) mass is 335 g/mol. The summed E-state index contributed by atoms with van der Waals surface area (Å²) in [6.07, 6.45) is 6.66. The van der Waals surface area contributed by atoms with Gasteiger partial charge >= 0.3 is 0 Å². The molecule has 1 fully saturated rings. The normalized spacial score (nSPS) is 14.8. The number of carbonyl (C=O) groups is 2. The maximum Gasteiger partial charge on any atom is 0.255 e. The minimum Gasteiger partial charge on any atom is -0.336 e. The van der Waals surface area contributed by atoms with Crippen molar-refractivity contribution in [2.75, 3.05) is 26.2 Å². The van der Waals surface area contributed by atoms with E-state index in [0.29, 0.717) is 31.7 Å². The van der Waals surface area contributed by atoms with Crippen molar-refractivity contribution >= 4 is 17.9 Å². The van der Waals surface area contributed by atoms with Gasteiger partial charge in [-0.3, -0.25) is 14.6 Å². The van der Waals surface area contributed by atoms with Gasteiger partial charge in [-0.2, -0.15) is 0 Å². The zero-order valence-electron chi connectivity index (χ0n) is 14.3. The average molecular weight is 335 g/mol. The first-order valence-electron chi connectivity index (χ1n) is 8.36. The molecule has 5 heteroatoms. The molecule has 2 aromatic rings. The first kappa shape index (κ1) is 16.9. The standard InChI is InChI=1S/C20H21N3O2/c1-16-4-2-5-17(14-16)7-8-19(24)22-10-12-23(13-11-22)20(25)18-6-3-9-21-15-18/h2-9,14-15H,10-13H2,1H3/b8-7+. The molecule has 2 heterocycles. The lowest BCUT2D eigenvalue weighted by molar-refractivity contribution is -0.127. The number of amides is 2. The third-order valence-corrected chi connectivity index (χ3v) is 4.25. The number of nitrogens with zero attached hydrogens (tertiary/aromatic N) is 3. The number of carbonyl (C=O) groups excluding carboxylic acids is 2. The summed E-state index contributed by atoms with van der Waals surface area (Å²) in [4.78, 5) is 32.2. The van der Waals surface area contributed by atoms with E-state index in [4.69, 9.17) is 0 Å². The van der Waals surface area contributed by atoms with Gasteiger partial charge in [0.25, 0.3) is 5.91 Å². The Kier molecular flexibility index (Phi) is 5.23. The third-order valence-electron chi connectivity index (χ3n) is 4.25. The Hall–Kier alpha value is -2.95. The summed E-state index contributed by atoms with van der Waals surface area (Å²) in [5.74, 6) is -0.0505. The van der Waals surface area contributed by atoms with Gasteiger partial charge in [0.1, 0.15) is 0 Å². The molecule has 1 aromatic heterocycles. The van der Waals surface area contributed by atoms with Gasteiger partial charge in [0, 0.05) is 44.6 Å². The molecule has 0 N–H and O–H groups in total. The zero-order chi connectivity index (χ0) is 17.6. The van der Waals surface area contributed by atoms with Crippen molar-refractivity contribution in [3.63, 3.8) is 0 Å². The molecule has 25 heavy (non-hydrogen) atoms. The number of hydrogen-bond acceptors (Lipinski definition) is 3. The Balaban J connectivity index is 1.55. The first-order valence-corrected chi connectivity index (χ1v) is 8.36. The summed E-state index contributed by atoms with van der Waals surface area (Å²) in [6, 6.07) is 11.5. The molecule has 0 bridgehead atoms. The molecule has 128 valence electrons. The number of pyridine rings is 1. The minimum absolute atomic E-state index is 0.0185. The Bertz CT molecular complexity index is 779. The number of benzene rings is 1. The van der Waals surface area contributed by atoms with Crippen molar-refractivity contribution in [3.8, 4) is 0 Å². The maximum absolute atomic E-state index is 12.4. The van der Waals surface area contributed by atoms with E-state index in [2.05, 4.69) is 4.98 Å². The fourth-order valence-corrected chi connectivity index (χ4v) is 2.85. The number of rotatable bonds is 3. The summed E-state index contributed by atoms with van der Waals surface area (Å²) in [5, 5.41) is 0. The molecule has 1 saturated heterocycles. The van der Waals surface area contributed by atoms with Crippen LogP contribution in [0.5, 0.6) is 0 Å². The fraction of sp³-hybridized carbons (Fsp3) is 0.250. The van der Waals surface area contributed by atoms with Crippen LogP contribution < -0.4 is 0 Å². The topological polar surface area (TPSA) is 53.5 Å². The molecule has 0 saturated carbocycles. The Morgan fingerprint density at radius 2 is 1.80 bits per heavy atom. The van der Waals surface area contributed by atoms with Crippen molar-refractivity contribution in [1.29, 1.82) is 0 Å². The van der Waals surface area contributed by atoms with Gasteiger partial charge in [-0.15, -0.1) is 0 Å². The van der Waals surface area contributed by atoms with Crippen LogP contribution in [0, 0.1) is 6.92 Å². The summed E-state index contributed by atoms with van der Waals surface area (Å²) in [5.41, 5.74) is 2.76. The van der Waals surface area contributed by atoms with E-state index < -0.39 is 0 Å². The predicted octanol–water partition coefficient (Wildman–Crippen LogP) is 2.39. The predicted molar refractivity (Wildman–Crippen MR) is 96.9 cm³/mol. The van der Waals surface area contributed by atoms with E-state index in [9.17, 15) is 9.59 Å². The number of aromatic nitrogens is 1. The SMILES string of the molecule is Cc1cccc(/C=C/C(=O)N2CCN(C(=O)c3cccnc3)CC2)c1. The van der Waals surface area contributed by atoms with Crippen LogP contribution in [-0.4, -0.2) is 52.8 Å². The van der Waals surface area contributed by atoms with E-state index >= 15 is 0 Å². The van der Waals surface area contributed by atoms with Gasteiger partial charge in [-0.05, 0) is 30.7 Å². The lowest BCUT2D eigenvalue weighted by Gasteiger charge is -2.34. The van der Waals surface area contributed by atoms with Crippen molar-refractivity contribution in [2.24, 2.45) is 0 Å². The van der Waals surface area contributed by atoms with E-state index in [1.165, 1.54) is 0 Å². The van der Waals surface area contributed by atoms with Crippen LogP contribution in [0.25, 0.3) is 6.08 Å². The van der Waals surface area contributed by atoms with Crippen LogP contribution in [0.3, 0.4) is 0 Å². The highest BCUT2D eigenvalue weighted by Gasteiger charge is 2.23. The summed E-state index contributed by atoms with van der Waals surface area (Å²) < 4.78 is 0. The molecule has 5 nitrogen and oxygen atoms in total. The summed E-state index contributed by atoms with van der Waals surface area (Å²) in [6.45, 7) is 4.19. The molecule has 2 amide bonds. The Morgan fingerprint density at radius 3 is 2.48 bits per heavy atom.